The minimum absolute atomic E-state index is 0.135. The van der Waals surface area contributed by atoms with Gasteiger partial charge in [-0.1, -0.05) is 13.0 Å². The molecule has 22 heavy (non-hydrogen) atoms. The molecule has 120 valence electrons. The maximum Gasteiger partial charge on any atom is 0.410 e. The minimum Gasteiger partial charge on any atom is -0.481 e. The van der Waals surface area contributed by atoms with Crippen LogP contribution in [-0.4, -0.2) is 45.7 Å². The maximum absolute atomic E-state index is 12.2. The van der Waals surface area contributed by atoms with Crippen LogP contribution in [0.25, 0.3) is 0 Å². The number of aromatic nitrogens is 1. The van der Waals surface area contributed by atoms with E-state index >= 15 is 0 Å². The van der Waals surface area contributed by atoms with Gasteiger partial charge >= 0.3 is 12.1 Å². The summed E-state index contributed by atoms with van der Waals surface area (Å²) in [7, 11) is 0. The number of aliphatic carboxylic acids is 1. The van der Waals surface area contributed by atoms with Crippen molar-refractivity contribution in [3.63, 3.8) is 0 Å². The van der Waals surface area contributed by atoms with Crippen LogP contribution in [0.3, 0.4) is 0 Å². The lowest BCUT2D eigenvalue weighted by molar-refractivity contribution is -0.142. The van der Waals surface area contributed by atoms with Gasteiger partial charge in [0.1, 0.15) is 5.60 Å². The first-order valence-electron chi connectivity index (χ1n) is 7.25. The molecular weight excluding hydrogens is 284 g/mol. The highest BCUT2D eigenvalue weighted by Crippen LogP contribution is 2.39. The second-order valence-corrected chi connectivity index (χ2v) is 6.91. The smallest absolute Gasteiger partial charge is 0.410 e. The monoisotopic (exact) mass is 306 g/mol. The van der Waals surface area contributed by atoms with Gasteiger partial charge < -0.3 is 14.7 Å². The number of ether oxygens (including phenoxy) is 1. The number of pyridine rings is 1. The van der Waals surface area contributed by atoms with Crippen LogP contribution < -0.4 is 0 Å². The predicted octanol–water partition coefficient (Wildman–Crippen LogP) is 2.29. The molecule has 1 aliphatic heterocycles. The molecule has 0 aliphatic carbocycles. The normalized spacial score (nSPS) is 25.1. The van der Waals surface area contributed by atoms with Crippen molar-refractivity contribution in [1.82, 2.24) is 9.88 Å². The Morgan fingerprint density at radius 3 is 2.64 bits per heavy atom. The van der Waals surface area contributed by atoms with Crippen molar-refractivity contribution in [3.05, 3.63) is 30.1 Å². The summed E-state index contributed by atoms with van der Waals surface area (Å²) in [6.45, 7) is 7.65. The van der Waals surface area contributed by atoms with E-state index in [1.54, 1.807) is 39.2 Å². The number of amides is 1. The first kappa shape index (κ1) is 16.3. The molecule has 0 spiro atoms. The average Bonchev–Trinajstić information content (AvgIpc) is 2.78. The van der Waals surface area contributed by atoms with Gasteiger partial charge in [0, 0.05) is 30.9 Å². The van der Waals surface area contributed by atoms with Gasteiger partial charge in [-0.25, -0.2) is 4.79 Å². The van der Waals surface area contributed by atoms with Gasteiger partial charge in [-0.3, -0.25) is 9.78 Å². The van der Waals surface area contributed by atoms with E-state index in [-0.39, 0.29) is 6.54 Å². The molecule has 1 aliphatic rings. The van der Waals surface area contributed by atoms with Gasteiger partial charge in [0.25, 0.3) is 0 Å². The van der Waals surface area contributed by atoms with Crippen molar-refractivity contribution in [2.75, 3.05) is 13.1 Å². The fraction of sp³-hybridized carbons (Fsp3) is 0.562. The average molecular weight is 306 g/mol. The van der Waals surface area contributed by atoms with Crippen LogP contribution in [0.15, 0.2) is 24.5 Å². The van der Waals surface area contributed by atoms with Gasteiger partial charge in [0.15, 0.2) is 0 Å². The minimum atomic E-state index is -0.919. The van der Waals surface area contributed by atoms with Gasteiger partial charge in [0.05, 0.1) is 5.92 Å². The molecule has 6 heteroatoms. The van der Waals surface area contributed by atoms with E-state index < -0.39 is 29.0 Å². The number of hydrogen-bond acceptors (Lipinski definition) is 4. The first-order valence-corrected chi connectivity index (χ1v) is 7.25. The Hall–Kier alpha value is -2.11. The number of hydrogen-bond donors (Lipinski definition) is 1. The summed E-state index contributed by atoms with van der Waals surface area (Å²) in [5.74, 6) is -1.61. The molecule has 2 heterocycles. The highest BCUT2D eigenvalue weighted by molar-refractivity contribution is 5.77. The third-order valence-corrected chi connectivity index (χ3v) is 3.96. The Morgan fingerprint density at radius 1 is 1.45 bits per heavy atom. The lowest BCUT2D eigenvalue weighted by atomic mass is 9.75. The Balaban J connectivity index is 2.28. The lowest BCUT2D eigenvalue weighted by Crippen LogP contribution is -2.38. The topological polar surface area (TPSA) is 79.7 Å². The molecule has 0 radical (unpaired) electrons. The number of carboxylic acid groups (broad SMARTS) is 1. The van der Waals surface area contributed by atoms with Crippen molar-refractivity contribution in [2.24, 2.45) is 5.92 Å². The van der Waals surface area contributed by atoms with Crippen LogP contribution in [0, 0.1) is 5.92 Å². The quantitative estimate of drug-likeness (QED) is 0.907. The second kappa shape index (κ2) is 5.59. The van der Waals surface area contributed by atoms with E-state index in [1.165, 1.54) is 4.90 Å². The van der Waals surface area contributed by atoms with Crippen LogP contribution in [-0.2, 0) is 14.9 Å². The molecule has 2 rings (SSSR count). The third-order valence-electron chi connectivity index (χ3n) is 3.96. The zero-order valence-corrected chi connectivity index (χ0v) is 13.4. The van der Waals surface area contributed by atoms with Gasteiger partial charge in [-0.05, 0) is 32.4 Å². The molecule has 0 bridgehead atoms. The van der Waals surface area contributed by atoms with Gasteiger partial charge in [-0.2, -0.15) is 0 Å². The number of rotatable bonds is 2. The van der Waals surface area contributed by atoms with Crippen LogP contribution in [0.1, 0.15) is 33.3 Å². The SMILES string of the molecule is CC(C)(C)OC(=O)N1C[C@@H](C(=O)O)[C@@](C)(c2cccnc2)C1. The highest BCUT2D eigenvalue weighted by Gasteiger charge is 2.50. The number of nitrogens with zero attached hydrogens (tertiary/aromatic N) is 2. The van der Waals surface area contributed by atoms with E-state index in [0.29, 0.717) is 6.54 Å². The molecule has 0 saturated carbocycles. The Morgan fingerprint density at radius 2 is 2.14 bits per heavy atom. The Labute approximate surface area is 130 Å². The molecule has 1 saturated heterocycles. The largest absolute Gasteiger partial charge is 0.481 e. The summed E-state index contributed by atoms with van der Waals surface area (Å²) in [6.07, 6.45) is 2.82. The van der Waals surface area contributed by atoms with Crippen molar-refractivity contribution in [1.29, 1.82) is 0 Å². The fourth-order valence-corrected chi connectivity index (χ4v) is 2.80. The molecule has 0 aromatic carbocycles. The van der Waals surface area contributed by atoms with Crippen LogP contribution in [0.5, 0.6) is 0 Å². The Kier molecular flexibility index (Phi) is 4.13. The van der Waals surface area contributed by atoms with E-state index in [9.17, 15) is 14.7 Å². The Bertz CT molecular complexity index is 567. The molecule has 1 aromatic heterocycles. The van der Waals surface area contributed by atoms with E-state index in [0.717, 1.165) is 5.56 Å². The summed E-state index contributed by atoms with van der Waals surface area (Å²) in [5, 5.41) is 9.54. The van der Waals surface area contributed by atoms with Crippen molar-refractivity contribution in [2.45, 2.75) is 38.7 Å². The summed E-state index contributed by atoms with van der Waals surface area (Å²) < 4.78 is 5.36. The summed E-state index contributed by atoms with van der Waals surface area (Å²) >= 11 is 0. The number of carbonyl (C=O) groups is 2. The predicted molar refractivity (Wildman–Crippen MR) is 80.5 cm³/mol. The molecule has 1 amide bonds. The molecular formula is C16H22N2O4. The zero-order chi connectivity index (χ0) is 16.5. The van der Waals surface area contributed by atoms with Crippen molar-refractivity contribution in [3.8, 4) is 0 Å². The summed E-state index contributed by atoms with van der Waals surface area (Å²) in [6, 6.07) is 3.62. The highest BCUT2D eigenvalue weighted by atomic mass is 16.6. The molecule has 1 N–H and O–H groups in total. The number of carbonyl (C=O) groups excluding carboxylic acids is 1. The lowest BCUT2D eigenvalue weighted by Gasteiger charge is -2.28. The van der Waals surface area contributed by atoms with E-state index in [2.05, 4.69) is 4.98 Å². The zero-order valence-electron chi connectivity index (χ0n) is 13.4. The van der Waals surface area contributed by atoms with Crippen LogP contribution in [0.4, 0.5) is 4.79 Å². The fourth-order valence-electron chi connectivity index (χ4n) is 2.80. The molecule has 1 fully saturated rings. The molecule has 1 aromatic rings. The molecule has 2 atom stereocenters. The summed E-state index contributed by atoms with van der Waals surface area (Å²) in [5.41, 5.74) is -0.478. The first-order chi connectivity index (χ1) is 10.1. The summed E-state index contributed by atoms with van der Waals surface area (Å²) in [4.78, 5) is 29.4. The standard InChI is InChI=1S/C16H22N2O4/c1-15(2,3)22-14(21)18-9-12(13(19)20)16(4,10-18)11-6-5-7-17-8-11/h5-8,12H,9-10H2,1-4H3,(H,19,20)/t12-,16+/m0/s1. The van der Waals surface area contributed by atoms with Crippen LogP contribution >= 0.6 is 0 Å². The van der Waals surface area contributed by atoms with Gasteiger partial charge in [-0.15, -0.1) is 0 Å². The van der Waals surface area contributed by atoms with Crippen LogP contribution in [0.2, 0.25) is 0 Å². The van der Waals surface area contributed by atoms with Gasteiger partial charge in [0.2, 0.25) is 0 Å². The van der Waals surface area contributed by atoms with E-state index in [1.807, 2.05) is 13.0 Å². The van der Waals surface area contributed by atoms with E-state index in [4.69, 9.17) is 4.74 Å². The molecule has 0 unspecified atom stereocenters. The molecule has 6 nitrogen and oxygen atoms in total. The van der Waals surface area contributed by atoms with Crippen molar-refractivity contribution >= 4 is 12.1 Å². The number of likely N-dealkylation sites (tertiary alicyclic amines) is 1. The van der Waals surface area contributed by atoms with Crippen molar-refractivity contribution < 1.29 is 19.4 Å². The maximum atomic E-state index is 12.2. The third kappa shape index (κ3) is 3.21. The number of carboxylic acids is 1. The second-order valence-electron chi connectivity index (χ2n) is 6.91.